The molecule has 3 heterocycles. The van der Waals surface area contributed by atoms with E-state index in [1.54, 1.807) is 0 Å². The summed E-state index contributed by atoms with van der Waals surface area (Å²) in [4.78, 5) is 13.6. The number of aromatic nitrogens is 3. The Hall–Kier alpha value is -1.73. The normalized spacial score (nSPS) is 21.9. The minimum absolute atomic E-state index is 0.507. The first kappa shape index (κ1) is 15.8. The maximum absolute atomic E-state index is 5.72. The molecule has 2 aliphatic rings. The van der Waals surface area contributed by atoms with Crippen molar-refractivity contribution in [1.29, 1.82) is 0 Å². The monoisotopic (exact) mass is 331 g/mol. The second-order valence-corrected chi connectivity index (χ2v) is 6.99. The van der Waals surface area contributed by atoms with E-state index in [0.29, 0.717) is 12.0 Å². The van der Waals surface area contributed by atoms with E-state index in [-0.39, 0.29) is 0 Å². The minimum atomic E-state index is 0.507. The van der Waals surface area contributed by atoms with E-state index in [1.165, 1.54) is 12.8 Å². The van der Waals surface area contributed by atoms with E-state index in [9.17, 15) is 0 Å². The number of rotatable bonds is 7. The van der Waals surface area contributed by atoms with Crippen LogP contribution in [-0.2, 0) is 19.5 Å². The van der Waals surface area contributed by atoms with Crippen molar-refractivity contribution in [1.82, 2.24) is 24.9 Å². The number of aryl methyl sites for hydroxylation is 1. The lowest BCUT2D eigenvalue weighted by Crippen LogP contribution is -2.34. The zero-order chi connectivity index (χ0) is 16.5. The summed E-state index contributed by atoms with van der Waals surface area (Å²) in [6, 6.07) is 0.507. The molecule has 0 N–H and O–H groups in total. The summed E-state index contributed by atoms with van der Waals surface area (Å²) in [5, 5.41) is 4.10. The zero-order valence-electron chi connectivity index (χ0n) is 14.4. The van der Waals surface area contributed by atoms with Crippen molar-refractivity contribution in [2.75, 3.05) is 20.1 Å². The van der Waals surface area contributed by atoms with Gasteiger partial charge in [-0.05, 0) is 26.3 Å². The molecule has 2 fully saturated rings. The summed E-state index contributed by atoms with van der Waals surface area (Å²) in [6.07, 6.45) is 6.27. The smallest absolute Gasteiger partial charge is 0.240 e. The molecule has 1 atom stereocenters. The van der Waals surface area contributed by atoms with Crippen LogP contribution in [0, 0.1) is 0 Å². The molecule has 7 heteroatoms. The van der Waals surface area contributed by atoms with Crippen LogP contribution in [0.1, 0.15) is 55.5 Å². The maximum atomic E-state index is 5.72. The number of likely N-dealkylation sites (N-methyl/N-ethyl adjacent to an activating group) is 1. The van der Waals surface area contributed by atoms with Gasteiger partial charge >= 0.3 is 0 Å². The summed E-state index contributed by atoms with van der Waals surface area (Å²) in [5.74, 6) is 3.95. The highest BCUT2D eigenvalue weighted by Crippen LogP contribution is 2.38. The van der Waals surface area contributed by atoms with Crippen molar-refractivity contribution >= 4 is 0 Å². The van der Waals surface area contributed by atoms with Crippen LogP contribution in [0.15, 0.2) is 15.1 Å². The van der Waals surface area contributed by atoms with E-state index < -0.39 is 0 Å². The highest BCUT2D eigenvalue weighted by molar-refractivity contribution is 5.03. The third-order valence-electron chi connectivity index (χ3n) is 4.99. The summed E-state index contributed by atoms with van der Waals surface area (Å²) >= 11 is 0. The summed E-state index contributed by atoms with van der Waals surface area (Å²) in [5.41, 5.74) is 0. The predicted octanol–water partition coefficient (Wildman–Crippen LogP) is 2.20. The Morgan fingerprint density at radius 3 is 2.92 bits per heavy atom. The van der Waals surface area contributed by atoms with Gasteiger partial charge in [0.1, 0.15) is 5.76 Å². The van der Waals surface area contributed by atoms with Crippen LogP contribution in [0.5, 0.6) is 0 Å². The van der Waals surface area contributed by atoms with Crippen LogP contribution in [0.3, 0.4) is 0 Å². The minimum Gasteiger partial charge on any atom is -0.444 e. The second-order valence-electron chi connectivity index (χ2n) is 6.99. The molecule has 0 radical (unpaired) electrons. The van der Waals surface area contributed by atoms with Crippen LogP contribution < -0.4 is 0 Å². The van der Waals surface area contributed by atoms with Gasteiger partial charge in [-0.25, -0.2) is 4.98 Å². The van der Waals surface area contributed by atoms with Gasteiger partial charge in [-0.1, -0.05) is 12.1 Å². The number of oxazole rings is 1. The molecular weight excluding hydrogens is 306 g/mol. The standard InChI is InChI=1S/C17H25N5O2/c1-3-14-8-18-15(23-14)10-21(2)13-6-7-22(9-13)11-16-19-17(20-24-16)12-4-5-12/h8,12-13H,3-7,9-11H2,1-2H3. The summed E-state index contributed by atoms with van der Waals surface area (Å²) in [7, 11) is 2.14. The fourth-order valence-electron chi connectivity index (χ4n) is 3.27. The van der Waals surface area contributed by atoms with E-state index >= 15 is 0 Å². The lowest BCUT2D eigenvalue weighted by molar-refractivity contribution is 0.197. The van der Waals surface area contributed by atoms with Gasteiger partial charge in [-0.3, -0.25) is 9.80 Å². The molecule has 1 unspecified atom stereocenters. The van der Waals surface area contributed by atoms with Gasteiger partial charge < -0.3 is 8.94 Å². The van der Waals surface area contributed by atoms with Gasteiger partial charge in [-0.15, -0.1) is 0 Å². The van der Waals surface area contributed by atoms with Crippen molar-refractivity contribution in [2.24, 2.45) is 0 Å². The average molecular weight is 331 g/mol. The van der Waals surface area contributed by atoms with Crippen molar-refractivity contribution in [3.63, 3.8) is 0 Å². The molecule has 24 heavy (non-hydrogen) atoms. The number of hydrogen-bond acceptors (Lipinski definition) is 7. The molecular formula is C17H25N5O2. The fraction of sp³-hybridized carbons (Fsp3) is 0.706. The van der Waals surface area contributed by atoms with Crippen molar-refractivity contribution < 1.29 is 8.94 Å². The lowest BCUT2D eigenvalue weighted by Gasteiger charge is -2.23. The average Bonchev–Trinajstić information content (AvgIpc) is 3.00. The molecule has 1 saturated carbocycles. The molecule has 0 bridgehead atoms. The van der Waals surface area contributed by atoms with E-state index in [0.717, 1.165) is 62.4 Å². The molecule has 1 saturated heterocycles. The summed E-state index contributed by atoms with van der Waals surface area (Å²) in [6.45, 7) is 5.66. The number of hydrogen-bond donors (Lipinski definition) is 0. The Kier molecular flexibility index (Phi) is 4.37. The van der Waals surface area contributed by atoms with Gasteiger partial charge in [0.2, 0.25) is 11.8 Å². The van der Waals surface area contributed by atoms with E-state index in [2.05, 4.69) is 38.9 Å². The summed E-state index contributed by atoms with van der Waals surface area (Å²) < 4.78 is 11.1. The highest BCUT2D eigenvalue weighted by atomic mass is 16.5. The SMILES string of the molecule is CCc1cnc(CN(C)C2CCN(Cc3nc(C4CC4)no3)C2)o1. The van der Waals surface area contributed by atoms with Gasteiger partial charge in [0.15, 0.2) is 5.82 Å². The molecule has 0 spiro atoms. The molecule has 2 aromatic heterocycles. The van der Waals surface area contributed by atoms with Gasteiger partial charge in [0, 0.05) is 31.5 Å². The quantitative estimate of drug-likeness (QED) is 0.770. The molecule has 0 aromatic carbocycles. The first-order valence-electron chi connectivity index (χ1n) is 8.90. The first-order chi connectivity index (χ1) is 11.7. The Bertz CT molecular complexity index is 678. The molecule has 1 aliphatic heterocycles. The second kappa shape index (κ2) is 6.64. The third kappa shape index (κ3) is 3.52. The Labute approximate surface area is 142 Å². The van der Waals surface area contributed by atoms with Crippen LogP contribution in [0.4, 0.5) is 0 Å². The van der Waals surface area contributed by atoms with Crippen LogP contribution >= 0.6 is 0 Å². The van der Waals surface area contributed by atoms with Crippen LogP contribution in [0.25, 0.3) is 0 Å². The molecule has 0 amide bonds. The Morgan fingerprint density at radius 1 is 1.29 bits per heavy atom. The lowest BCUT2D eigenvalue weighted by atomic mass is 10.2. The van der Waals surface area contributed by atoms with Crippen LogP contribution in [-0.4, -0.2) is 51.1 Å². The van der Waals surface area contributed by atoms with E-state index in [1.807, 2.05) is 6.20 Å². The number of likely N-dealkylation sites (tertiary alicyclic amines) is 1. The number of nitrogens with zero attached hydrogens (tertiary/aromatic N) is 5. The highest BCUT2D eigenvalue weighted by Gasteiger charge is 2.30. The zero-order valence-corrected chi connectivity index (χ0v) is 14.4. The largest absolute Gasteiger partial charge is 0.444 e. The Morgan fingerprint density at radius 2 is 2.17 bits per heavy atom. The van der Waals surface area contributed by atoms with Gasteiger partial charge in [0.05, 0.1) is 19.3 Å². The first-order valence-corrected chi connectivity index (χ1v) is 8.90. The Balaban J connectivity index is 1.28. The molecule has 1 aliphatic carbocycles. The van der Waals surface area contributed by atoms with Crippen molar-refractivity contribution in [2.45, 2.75) is 57.7 Å². The molecule has 130 valence electrons. The van der Waals surface area contributed by atoms with Crippen molar-refractivity contribution in [3.8, 4) is 0 Å². The maximum Gasteiger partial charge on any atom is 0.240 e. The topological polar surface area (TPSA) is 71.4 Å². The van der Waals surface area contributed by atoms with Crippen LogP contribution in [0.2, 0.25) is 0 Å². The molecule has 7 nitrogen and oxygen atoms in total. The molecule has 4 rings (SSSR count). The molecule has 2 aromatic rings. The third-order valence-corrected chi connectivity index (χ3v) is 4.99. The predicted molar refractivity (Wildman–Crippen MR) is 87.3 cm³/mol. The van der Waals surface area contributed by atoms with Crippen molar-refractivity contribution in [3.05, 3.63) is 29.6 Å². The van der Waals surface area contributed by atoms with Gasteiger partial charge in [0.25, 0.3) is 0 Å². The fourth-order valence-corrected chi connectivity index (χ4v) is 3.27. The van der Waals surface area contributed by atoms with E-state index in [4.69, 9.17) is 8.94 Å². The van der Waals surface area contributed by atoms with Gasteiger partial charge in [-0.2, -0.15) is 4.98 Å².